The van der Waals surface area contributed by atoms with Crippen LogP contribution in [0.5, 0.6) is 5.88 Å². The summed E-state index contributed by atoms with van der Waals surface area (Å²) >= 11 is 0. The number of hydrogen-bond acceptors (Lipinski definition) is 5. The van der Waals surface area contributed by atoms with Crippen molar-refractivity contribution >= 4 is 14.4 Å². The van der Waals surface area contributed by atoms with Gasteiger partial charge in [0, 0.05) is 12.3 Å². The molecule has 1 atom stereocenters. The van der Waals surface area contributed by atoms with Gasteiger partial charge in [0.15, 0.2) is 8.32 Å². The van der Waals surface area contributed by atoms with Gasteiger partial charge in [-0.2, -0.15) is 17.9 Å². The Morgan fingerprint density at radius 2 is 1.77 bits per heavy atom. The van der Waals surface area contributed by atoms with Gasteiger partial charge >= 0.3 is 12.3 Å². The lowest BCUT2D eigenvalue weighted by molar-refractivity contribution is -0.215. The SMILES string of the molecule is CC(C)(C)OC(=O)n1ccc(OCC(O[Si](C)(C)C(C)(C)C)C2(C(F)(F)F)CC2)n1. The molecule has 2 rings (SSSR count). The second kappa shape index (κ2) is 7.85. The Hall–Kier alpha value is -1.55. The highest BCUT2D eigenvalue weighted by atomic mass is 28.4. The Bertz CT molecular complexity index is 759. The first-order valence-corrected chi connectivity index (χ1v) is 13.0. The summed E-state index contributed by atoms with van der Waals surface area (Å²) in [6, 6.07) is 1.42. The molecular formula is C20H33F3N2O4Si. The van der Waals surface area contributed by atoms with E-state index in [2.05, 4.69) is 5.10 Å². The van der Waals surface area contributed by atoms with Gasteiger partial charge in [-0.3, -0.25) is 0 Å². The summed E-state index contributed by atoms with van der Waals surface area (Å²) in [5, 5.41) is 3.73. The van der Waals surface area contributed by atoms with Crippen molar-refractivity contribution < 1.29 is 31.9 Å². The molecule has 0 N–H and O–H groups in total. The highest BCUT2D eigenvalue weighted by Gasteiger charge is 2.68. The van der Waals surface area contributed by atoms with E-state index < -0.39 is 37.7 Å². The maximum absolute atomic E-state index is 13.8. The summed E-state index contributed by atoms with van der Waals surface area (Å²) in [4.78, 5) is 12.1. The summed E-state index contributed by atoms with van der Waals surface area (Å²) < 4.78 is 59.3. The van der Waals surface area contributed by atoms with Crippen LogP contribution in [0.25, 0.3) is 0 Å². The van der Waals surface area contributed by atoms with Crippen LogP contribution in [0, 0.1) is 5.41 Å². The van der Waals surface area contributed by atoms with Gasteiger partial charge in [0.2, 0.25) is 5.88 Å². The minimum atomic E-state index is -4.38. The zero-order valence-electron chi connectivity index (χ0n) is 19.0. The van der Waals surface area contributed by atoms with Gasteiger partial charge in [-0.25, -0.2) is 4.79 Å². The molecule has 10 heteroatoms. The topological polar surface area (TPSA) is 62.6 Å². The quantitative estimate of drug-likeness (QED) is 0.514. The van der Waals surface area contributed by atoms with E-state index in [9.17, 15) is 18.0 Å². The smallest absolute Gasteiger partial charge is 0.435 e. The molecule has 1 aliphatic carbocycles. The summed E-state index contributed by atoms with van der Waals surface area (Å²) in [5.41, 5.74) is -2.59. The van der Waals surface area contributed by atoms with Crippen molar-refractivity contribution in [1.29, 1.82) is 0 Å². The number of rotatable bonds is 6. The predicted molar refractivity (Wildman–Crippen MR) is 109 cm³/mol. The van der Waals surface area contributed by atoms with Crippen LogP contribution in [0.2, 0.25) is 18.1 Å². The number of ether oxygens (including phenoxy) is 2. The first-order chi connectivity index (χ1) is 13.4. The fourth-order valence-corrected chi connectivity index (χ4v) is 4.08. The molecule has 172 valence electrons. The van der Waals surface area contributed by atoms with Gasteiger partial charge in [0.05, 0.1) is 11.5 Å². The van der Waals surface area contributed by atoms with Crippen molar-refractivity contribution in [2.45, 2.75) is 90.4 Å². The Balaban J connectivity index is 2.16. The molecule has 1 aromatic rings. The van der Waals surface area contributed by atoms with Gasteiger partial charge in [0.1, 0.15) is 12.2 Å². The molecule has 6 nitrogen and oxygen atoms in total. The van der Waals surface area contributed by atoms with Crippen molar-refractivity contribution in [2.24, 2.45) is 5.41 Å². The lowest BCUT2D eigenvalue weighted by atomic mass is 9.99. The highest BCUT2D eigenvalue weighted by molar-refractivity contribution is 6.74. The average Bonchev–Trinajstić information content (AvgIpc) is 3.21. The second-order valence-electron chi connectivity index (χ2n) is 10.4. The Morgan fingerprint density at radius 3 is 2.20 bits per heavy atom. The molecule has 30 heavy (non-hydrogen) atoms. The minimum Gasteiger partial charge on any atom is -0.474 e. The number of aromatic nitrogens is 2. The van der Waals surface area contributed by atoms with E-state index in [0.29, 0.717) is 0 Å². The van der Waals surface area contributed by atoms with E-state index in [-0.39, 0.29) is 30.4 Å². The van der Waals surface area contributed by atoms with Crippen molar-refractivity contribution in [1.82, 2.24) is 9.78 Å². The van der Waals surface area contributed by atoms with E-state index in [1.54, 1.807) is 20.8 Å². The normalized spacial score (nSPS) is 18.1. The van der Waals surface area contributed by atoms with Gasteiger partial charge in [0.25, 0.3) is 0 Å². The Labute approximate surface area is 177 Å². The molecule has 0 aliphatic heterocycles. The first-order valence-electron chi connectivity index (χ1n) is 10.0. The molecular weight excluding hydrogens is 417 g/mol. The number of carbonyl (C=O) groups excluding carboxylic acids is 1. The molecule has 1 heterocycles. The highest BCUT2D eigenvalue weighted by Crippen LogP contribution is 2.61. The van der Waals surface area contributed by atoms with E-state index in [0.717, 1.165) is 4.68 Å². The zero-order valence-corrected chi connectivity index (χ0v) is 20.0. The maximum atomic E-state index is 13.8. The lowest BCUT2D eigenvalue weighted by Gasteiger charge is -2.41. The number of halogens is 3. The van der Waals surface area contributed by atoms with Crippen LogP contribution < -0.4 is 4.74 Å². The van der Waals surface area contributed by atoms with Crippen molar-refractivity contribution in [3.63, 3.8) is 0 Å². The largest absolute Gasteiger partial charge is 0.474 e. The predicted octanol–water partition coefficient (Wildman–Crippen LogP) is 5.78. The van der Waals surface area contributed by atoms with E-state index in [4.69, 9.17) is 13.9 Å². The first kappa shape index (κ1) is 24.7. The standard InChI is InChI=1S/C20H33F3N2O4Si/c1-17(2,3)28-16(26)25-12-9-15(24-25)27-13-14(19(10-11-19)20(21,22)23)29-30(7,8)18(4,5)6/h9,12,14H,10-11,13H2,1-8H3. The molecule has 0 amide bonds. The van der Waals surface area contributed by atoms with Crippen LogP contribution in [0.1, 0.15) is 54.4 Å². The number of hydrogen-bond donors (Lipinski definition) is 0. The second-order valence-corrected chi connectivity index (χ2v) is 15.2. The molecule has 1 aromatic heterocycles. The Kier molecular flexibility index (Phi) is 6.47. The van der Waals surface area contributed by atoms with Crippen LogP contribution in [-0.4, -0.2) is 48.7 Å². The monoisotopic (exact) mass is 450 g/mol. The van der Waals surface area contributed by atoms with Gasteiger partial charge in [-0.05, 0) is 51.7 Å². The molecule has 0 saturated heterocycles. The fourth-order valence-electron chi connectivity index (χ4n) is 2.72. The Morgan fingerprint density at radius 1 is 1.20 bits per heavy atom. The van der Waals surface area contributed by atoms with Crippen LogP contribution in [-0.2, 0) is 9.16 Å². The molecule has 0 bridgehead atoms. The number of alkyl halides is 3. The number of carbonyl (C=O) groups is 1. The molecule has 0 aromatic carbocycles. The minimum absolute atomic E-state index is 0.0193. The van der Waals surface area contributed by atoms with Gasteiger partial charge < -0.3 is 13.9 Å². The molecule has 1 saturated carbocycles. The molecule has 1 unspecified atom stereocenters. The third-order valence-corrected chi connectivity index (χ3v) is 10.2. The summed E-state index contributed by atoms with van der Waals surface area (Å²) in [7, 11) is -2.47. The van der Waals surface area contributed by atoms with Gasteiger partial charge in [-0.15, -0.1) is 5.10 Å². The van der Waals surface area contributed by atoms with E-state index in [1.165, 1.54) is 12.3 Å². The third-order valence-electron chi connectivity index (χ3n) is 5.74. The van der Waals surface area contributed by atoms with Crippen LogP contribution in [0.3, 0.4) is 0 Å². The van der Waals surface area contributed by atoms with Crippen LogP contribution in [0.4, 0.5) is 18.0 Å². The molecule has 0 radical (unpaired) electrons. The molecule has 1 fully saturated rings. The van der Waals surface area contributed by atoms with Crippen LogP contribution >= 0.6 is 0 Å². The van der Waals surface area contributed by atoms with Crippen LogP contribution in [0.15, 0.2) is 12.3 Å². The van der Waals surface area contributed by atoms with Crippen molar-refractivity contribution in [3.05, 3.63) is 12.3 Å². The third kappa shape index (κ3) is 5.57. The van der Waals surface area contributed by atoms with E-state index >= 15 is 0 Å². The molecule has 0 spiro atoms. The van der Waals surface area contributed by atoms with E-state index in [1.807, 2.05) is 33.9 Å². The maximum Gasteiger partial charge on any atom is 0.435 e. The summed E-state index contributed by atoms with van der Waals surface area (Å²) in [6.45, 7) is 14.7. The lowest BCUT2D eigenvalue weighted by Crippen LogP contribution is -2.51. The number of nitrogens with zero attached hydrogens (tertiary/aromatic N) is 2. The van der Waals surface area contributed by atoms with Gasteiger partial charge in [-0.1, -0.05) is 20.8 Å². The summed E-state index contributed by atoms with van der Waals surface area (Å²) in [6.07, 6.45) is -4.81. The molecule has 1 aliphatic rings. The zero-order chi connectivity index (χ0) is 23.2. The van der Waals surface area contributed by atoms with Crippen molar-refractivity contribution in [2.75, 3.05) is 6.61 Å². The average molecular weight is 451 g/mol. The van der Waals surface area contributed by atoms with Crippen molar-refractivity contribution in [3.8, 4) is 5.88 Å². The summed E-state index contributed by atoms with van der Waals surface area (Å²) in [5.74, 6) is 0.0441. The fraction of sp³-hybridized carbons (Fsp3) is 0.800.